The van der Waals surface area contributed by atoms with E-state index in [1.54, 1.807) is 6.07 Å². The molecule has 1 atom stereocenters. The van der Waals surface area contributed by atoms with E-state index >= 15 is 0 Å². The topological polar surface area (TPSA) is 58.4 Å². The molecule has 0 bridgehead atoms. The Labute approximate surface area is 98.4 Å². The lowest BCUT2D eigenvalue weighted by Crippen LogP contribution is -2.43. The van der Waals surface area contributed by atoms with Crippen molar-refractivity contribution in [1.29, 1.82) is 0 Å². The summed E-state index contributed by atoms with van der Waals surface area (Å²) in [6.45, 7) is 2.49. The quantitative estimate of drug-likeness (QED) is 0.624. The van der Waals surface area contributed by atoms with Crippen LogP contribution >= 0.6 is 0 Å². The molecule has 1 fully saturated rings. The van der Waals surface area contributed by atoms with Crippen LogP contribution in [0.15, 0.2) is 18.2 Å². The van der Waals surface area contributed by atoms with Gasteiger partial charge in [0.25, 0.3) is 0 Å². The number of rotatable bonds is 2. The summed E-state index contributed by atoms with van der Waals surface area (Å²) in [4.78, 5) is 12.1. The third-order valence-electron chi connectivity index (χ3n) is 3.06. The summed E-state index contributed by atoms with van der Waals surface area (Å²) in [6, 6.07) is 4.15. The van der Waals surface area contributed by atoms with Crippen molar-refractivity contribution in [2.75, 3.05) is 26.7 Å². The molecule has 1 aromatic rings. The summed E-state index contributed by atoms with van der Waals surface area (Å²) in [5, 5.41) is 13.9. The number of nitro groups is 1. The predicted molar refractivity (Wildman–Crippen MR) is 61.3 cm³/mol. The van der Waals surface area contributed by atoms with Gasteiger partial charge in [0, 0.05) is 31.7 Å². The van der Waals surface area contributed by atoms with Crippen LogP contribution in [0, 0.1) is 15.9 Å². The first-order chi connectivity index (χ1) is 8.09. The number of halogens is 1. The summed E-state index contributed by atoms with van der Waals surface area (Å²) in [7, 11) is 1.96. The molecule has 0 saturated carbocycles. The van der Waals surface area contributed by atoms with Crippen molar-refractivity contribution in [1.82, 2.24) is 10.2 Å². The fourth-order valence-corrected chi connectivity index (χ4v) is 2.06. The van der Waals surface area contributed by atoms with Gasteiger partial charge < -0.3 is 5.32 Å². The smallest absolute Gasteiger partial charge is 0.305 e. The molecule has 1 aromatic carbocycles. The molecule has 0 aromatic heterocycles. The van der Waals surface area contributed by atoms with E-state index in [0.29, 0.717) is 0 Å². The molecule has 1 unspecified atom stereocenters. The first-order valence-electron chi connectivity index (χ1n) is 5.44. The van der Waals surface area contributed by atoms with Gasteiger partial charge in [-0.25, -0.2) is 0 Å². The van der Waals surface area contributed by atoms with E-state index in [2.05, 4.69) is 10.2 Å². The Morgan fingerprint density at radius 1 is 1.59 bits per heavy atom. The van der Waals surface area contributed by atoms with Gasteiger partial charge in [0.2, 0.25) is 5.82 Å². The van der Waals surface area contributed by atoms with Gasteiger partial charge in [-0.1, -0.05) is 6.07 Å². The molecular weight excluding hydrogens is 225 g/mol. The van der Waals surface area contributed by atoms with Gasteiger partial charge in [-0.2, -0.15) is 4.39 Å². The first kappa shape index (κ1) is 11.9. The Balaban J connectivity index is 2.32. The van der Waals surface area contributed by atoms with E-state index in [1.165, 1.54) is 6.07 Å². The standard InChI is InChI=1S/C11H14FN3O2/c1-14-5-4-13-7-11(14)8-2-3-9(12)10(6-8)15(16)17/h2-3,6,11,13H,4-5,7H2,1H3. The molecule has 1 aliphatic rings. The molecule has 1 aliphatic heterocycles. The zero-order valence-corrected chi connectivity index (χ0v) is 9.52. The van der Waals surface area contributed by atoms with Crippen LogP contribution in [0.1, 0.15) is 11.6 Å². The second kappa shape index (κ2) is 4.77. The normalized spacial score (nSPS) is 21.4. The maximum atomic E-state index is 13.2. The van der Waals surface area contributed by atoms with Gasteiger partial charge in [0.1, 0.15) is 0 Å². The van der Waals surface area contributed by atoms with Gasteiger partial charge >= 0.3 is 5.69 Å². The molecule has 1 saturated heterocycles. The summed E-state index contributed by atoms with van der Waals surface area (Å²) >= 11 is 0. The second-order valence-corrected chi connectivity index (χ2v) is 4.17. The van der Waals surface area contributed by atoms with Crippen molar-refractivity contribution in [3.8, 4) is 0 Å². The highest BCUT2D eigenvalue weighted by molar-refractivity contribution is 5.37. The molecule has 92 valence electrons. The number of likely N-dealkylation sites (N-methyl/N-ethyl adjacent to an activating group) is 1. The van der Waals surface area contributed by atoms with Crippen molar-refractivity contribution in [3.63, 3.8) is 0 Å². The third-order valence-corrected chi connectivity index (χ3v) is 3.06. The number of piperazine rings is 1. The number of nitrogens with zero attached hydrogens (tertiary/aromatic N) is 2. The van der Waals surface area contributed by atoms with Gasteiger partial charge in [0.15, 0.2) is 0 Å². The van der Waals surface area contributed by atoms with Gasteiger partial charge in [0.05, 0.1) is 4.92 Å². The minimum Gasteiger partial charge on any atom is -0.314 e. The number of nitro benzene ring substituents is 1. The number of hydrogen-bond acceptors (Lipinski definition) is 4. The average molecular weight is 239 g/mol. The van der Waals surface area contributed by atoms with Crippen LogP contribution in [0.2, 0.25) is 0 Å². The van der Waals surface area contributed by atoms with Gasteiger partial charge in [-0.3, -0.25) is 15.0 Å². The lowest BCUT2D eigenvalue weighted by atomic mass is 10.0. The highest BCUT2D eigenvalue weighted by Crippen LogP contribution is 2.26. The van der Waals surface area contributed by atoms with Crippen LogP contribution in [-0.4, -0.2) is 36.5 Å². The van der Waals surface area contributed by atoms with Crippen LogP contribution in [0.5, 0.6) is 0 Å². The summed E-state index contributed by atoms with van der Waals surface area (Å²) in [5.41, 5.74) is 0.314. The highest BCUT2D eigenvalue weighted by Gasteiger charge is 2.23. The molecule has 1 heterocycles. The molecule has 0 amide bonds. The molecular formula is C11H14FN3O2. The average Bonchev–Trinajstić information content (AvgIpc) is 2.30. The third kappa shape index (κ3) is 2.42. The van der Waals surface area contributed by atoms with Crippen LogP contribution < -0.4 is 5.32 Å². The monoisotopic (exact) mass is 239 g/mol. The maximum absolute atomic E-state index is 13.2. The van der Waals surface area contributed by atoms with Crippen LogP contribution in [-0.2, 0) is 0 Å². The summed E-state index contributed by atoms with van der Waals surface area (Å²) in [5.74, 6) is -0.787. The Bertz CT molecular complexity index is 439. The van der Waals surface area contributed by atoms with Crippen molar-refractivity contribution in [2.45, 2.75) is 6.04 Å². The number of nitrogens with one attached hydrogen (secondary N) is 1. The van der Waals surface area contributed by atoms with Crippen molar-refractivity contribution >= 4 is 5.69 Å². The molecule has 6 heteroatoms. The van der Waals surface area contributed by atoms with Crippen LogP contribution in [0.3, 0.4) is 0 Å². The zero-order valence-electron chi connectivity index (χ0n) is 9.52. The molecule has 2 rings (SSSR count). The van der Waals surface area contributed by atoms with Crippen LogP contribution in [0.25, 0.3) is 0 Å². The lowest BCUT2D eigenvalue weighted by molar-refractivity contribution is -0.387. The molecule has 17 heavy (non-hydrogen) atoms. The number of benzene rings is 1. The van der Waals surface area contributed by atoms with Crippen molar-refractivity contribution in [2.24, 2.45) is 0 Å². The zero-order chi connectivity index (χ0) is 12.4. The van der Waals surface area contributed by atoms with E-state index in [0.717, 1.165) is 31.3 Å². The van der Waals surface area contributed by atoms with E-state index in [1.807, 2.05) is 7.05 Å². The lowest BCUT2D eigenvalue weighted by Gasteiger charge is -2.33. The largest absolute Gasteiger partial charge is 0.314 e. The minimum absolute atomic E-state index is 0.0584. The molecule has 5 nitrogen and oxygen atoms in total. The fourth-order valence-electron chi connectivity index (χ4n) is 2.06. The predicted octanol–water partition coefficient (Wildman–Crippen LogP) is 1.31. The Kier molecular flexibility index (Phi) is 3.35. The van der Waals surface area contributed by atoms with Gasteiger partial charge in [-0.05, 0) is 18.7 Å². The Morgan fingerprint density at radius 2 is 2.35 bits per heavy atom. The summed E-state index contributed by atoms with van der Waals surface area (Å²) in [6.07, 6.45) is 0. The number of hydrogen-bond donors (Lipinski definition) is 1. The van der Waals surface area contributed by atoms with Crippen LogP contribution in [0.4, 0.5) is 10.1 Å². The van der Waals surface area contributed by atoms with E-state index in [9.17, 15) is 14.5 Å². The fraction of sp³-hybridized carbons (Fsp3) is 0.455. The SMILES string of the molecule is CN1CCNCC1c1ccc(F)c([N+](=O)[O-])c1. The van der Waals surface area contributed by atoms with E-state index < -0.39 is 16.4 Å². The van der Waals surface area contributed by atoms with Gasteiger partial charge in [-0.15, -0.1) is 0 Å². The molecule has 1 N–H and O–H groups in total. The Hall–Kier alpha value is -1.53. The highest BCUT2D eigenvalue weighted by atomic mass is 19.1. The maximum Gasteiger partial charge on any atom is 0.305 e. The Morgan fingerprint density at radius 3 is 3.00 bits per heavy atom. The molecule has 0 aliphatic carbocycles. The van der Waals surface area contributed by atoms with Crippen molar-refractivity contribution < 1.29 is 9.31 Å². The minimum atomic E-state index is -0.787. The second-order valence-electron chi connectivity index (χ2n) is 4.17. The molecule has 0 radical (unpaired) electrons. The van der Waals surface area contributed by atoms with Crippen molar-refractivity contribution in [3.05, 3.63) is 39.7 Å². The summed E-state index contributed by atoms with van der Waals surface area (Å²) < 4.78 is 13.2. The van der Waals surface area contributed by atoms with E-state index in [4.69, 9.17) is 0 Å². The first-order valence-corrected chi connectivity index (χ1v) is 5.44. The van der Waals surface area contributed by atoms with E-state index in [-0.39, 0.29) is 6.04 Å². The molecule has 0 spiro atoms.